The summed E-state index contributed by atoms with van der Waals surface area (Å²) in [7, 11) is 0. The van der Waals surface area contributed by atoms with Crippen LogP contribution in [0.25, 0.3) is 6.08 Å². The minimum Gasteiger partial charge on any atom is -0.478 e. The number of rotatable bonds is 5. The summed E-state index contributed by atoms with van der Waals surface area (Å²) in [5.74, 6) is 0.126. The van der Waals surface area contributed by atoms with Crippen molar-refractivity contribution in [3.63, 3.8) is 0 Å². The summed E-state index contributed by atoms with van der Waals surface area (Å²) in [4.78, 5) is 10.5. The molecule has 0 amide bonds. The van der Waals surface area contributed by atoms with Crippen LogP contribution in [0.2, 0.25) is 0 Å². The van der Waals surface area contributed by atoms with E-state index in [1.807, 2.05) is 23.9 Å². The summed E-state index contributed by atoms with van der Waals surface area (Å²) in [6.07, 6.45) is 9.68. The molecule has 1 aliphatic carbocycles. The molecule has 102 valence electrons. The van der Waals surface area contributed by atoms with E-state index in [2.05, 4.69) is 12.1 Å². The summed E-state index contributed by atoms with van der Waals surface area (Å²) < 4.78 is 0. The van der Waals surface area contributed by atoms with E-state index in [0.29, 0.717) is 0 Å². The summed E-state index contributed by atoms with van der Waals surface area (Å²) in [6.45, 7) is 0. The third-order valence-corrected chi connectivity index (χ3v) is 4.85. The van der Waals surface area contributed by atoms with Crippen molar-refractivity contribution in [1.82, 2.24) is 0 Å². The lowest BCUT2D eigenvalue weighted by atomic mass is 10.0. The molecule has 2 rings (SSSR count). The van der Waals surface area contributed by atoms with Crippen molar-refractivity contribution in [1.29, 1.82) is 0 Å². The maximum absolute atomic E-state index is 10.5. The van der Waals surface area contributed by atoms with E-state index >= 15 is 0 Å². The highest BCUT2D eigenvalue weighted by molar-refractivity contribution is 7.99. The van der Waals surface area contributed by atoms with Crippen molar-refractivity contribution < 1.29 is 9.90 Å². The fourth-order valence-corrected chi connectivity index (χ4v) is 3.67. The molecule has 3 heteroatoms. The van der Waals surface area contributed by atoms with Gasteiger partial charge in [0.05, 0.1) is 0 Å². The highest BCUT2D eigenvalue weighted by atomic mass is 32.2. The second kappa shape index (κ2) is 7.39. The van der Waals surface area contributed by atoms with E-state index in [-0.39, 0.29) is 0 Å². The number of hydrogen-bond donors (Lipinski definition) is 1. The Morgan fingerprint density at radius 2 is 2.11 bits per heavy atom. The van der Waals surface area contributed by atoms with Gasteiger partial charge < -0.3 is 5.11 Å². The average molecular weight is 276 g/mol. The molecule has 0 unspecified atom stereocenters. The summed E-state index contributed by atoms with van der Waals surface area (Å²) in [6, 6.07) is 8.13. The minimum absolute atomic E-state index is 0.812. The third-order valence-electron chi connectivity index (χ3n) is 3.41. The Morgan fingerprint density at radius 1 is 1.32 bits per heavy atom. The first-order chi connectivity index (χ1) is 9.24. The van der Waals surface area contributed by atoms with Crippen molar-refractivity contribution in [3.8, 4) is 0 Å². The molecule has 0 bridgehead atoms. The molecule has 19 heavy (non-hydrogen) atoms. The van der Waals surface area contributed by atoms with Crippen molar-refractivity contribution in [2.24, 2.45) is 0 Å². The molecule has 0 aliphatic heterocycles. The lowest BCUT2D eigenvalue weighted by molar-refractivity contribution is -0.131. The van der Waals surface area contributed by atoms with Crippen LogP contribution >= 0.6 is 11.8 Å². The van der Waals surface area contributed by atoms with Gasteiger partial charge in [-0.05, 0) is 30.0 Å². The van der Waals surface area contributed by atoms with Crippen LogP contribution in [0.1, 0.15) is 43.2 Å². The van der Waals surface area contributed by atoms with Crippen molar-refractivity contribution in [3.05, 3.63) is 41.5 Å². The standard InChI is InChI=1S/C16H20O2S/c17-16(18)10-9-13-5-4-6-14(11-13)12-19-15-7-2-1-3-8-15/h4-6,9-11,15H,1-3,7-8,12H2,(H,17,18). The van der Waals surface area contributed by atoms with Gasteiger partial charge in [-0.15, -0.1) is 0 Å². The zero-order chi connectivity index (χ0) is 13.5. The lowest BCUT2D eigenvalue weighted by Gasteiger charge is -2.20. The molecule has 1 aromatic carbocycles. The van der Waals surface area contributed by atoms with Crippen LogP contribution < -0.4 is 0 Å². The minimum atomic E-state index is -0.901. The molecular weight excluding hydrogens is 256 g/mol. The fourth-order valence-electron chi connectivity index (χ4n) is 2.40. The Hall–Kier alpha value is -1.22. The average Bonchev–Trinajstić information content (AvgIpc) is 2.44. The van der Waals surface area contributed by atoms with Crippen LogP contribution in [0.5, 0.6) is 0 Å². The highest BCUT2D eigenvalue weighted by Gasteiger charge is 2.13. The first kappa shape index (κ1) is 14.2. The van der Waals surface area contributed by atoms with E-state index in [9.17, 15) is 4.79 Å². The third kappa shape index (κ3) is 5.11. The number of benzene rings is 1. The molecule has 1 N–H and O–H groups in total. The van der Waals surface area contributed by atoms with E-state index < -0.39 is 5.97 Å². The van der Waals surface area contributed by atoms with Crippen molar-refractivity contribution in [2.45, 2.75) is 43.1 Å². The van der Waals surface area contributed by atoms with Crippen molar-refractivity contribution >= 4 is 23.8 Å². The van der Waals surface area contributed by atoms with Gasteiger partial charge in [0.1, 0.15) is 0 Å². The largest absolute Gasteiger partial charge is 0.478 e. The first-order valence-corrected chi connectivity index (χ1v) is 7.90. The van der Waals surface area contributed by atoms with Gasteiger partial charge in [0, 0.05) is 17.1 Å². The van der Waals surface area contributed by atoms with E-state index in [0.717, 1.165) is 16.6 Å². The molecule has 0 aromatic heterocycles. The van der Waals surface area contributed by atoms with Crippen LogP contribution in [0, 0.1) is 0 Å². The van der Waals surface area contributed by atoms with Crippen LogP contribution in [0.4, 0.5) is 0 Å². The number of carboxylic acid groups (broad SMARTS) is 1. The molecule has 1 aromatic rings. The molecule has 2 nitrogen and oxygen atoms in total. The number of thioether (sulfide) groups is 1. The highest BCUT2D eigenvalue weighted by Crippen LogP contribution is 2.30. The quantitative estimate of drug-likeness (QED) is 0.812. The number of aliphatic carboxylic acids is 1. The van der Waals surface area contributed by atoms with E-state index in [4.69, 9.17) is 5.11 Å². The Bertz CT molecular complexity index is 448. The zero-order valence-corrected chi connectivity index (χ0v) is 11.9. The molecule has 0 spiro atoms. The molecule has 0 heterocycles. The first-order valence-electron chi connectivity index (χ1n) is 6.85. The topological polar surface area (TPSA) is 37.3 Å². The van der Waals surface area contributed by atoms with Gasteiger partial charge in [-0.2, -0.15) is 11.8 Å². The lowest BCUT2D eigenvalue weighted by Crippen LogP contribution is -2.08. The maximum Gasteiger partial charge on any atom is 0.328 e. The molecular formula is C16H20O2S. The second-order valence-corrected chi connectivity index (χ2v) is 6.28. The van der Waals surface area contributed by atoms with Crippen molar-refractivity contribution in [2.75, 3.05) is 0 Å². The predicted octanol–water partition coefficient (Wildman–Crippen LogP) is 4.35. The van der Waals surface area contributed by atoms with Crippen LogP contribution in [0.3, 0.4) is 0 Å². The monoisotopic (exact) mass is 276 g/mol. The summed E-state index contributed by atoms with van der Waals surface area (Å²) in [5.41, 5.74) is 2.24. The van der Waals surface area contributed by atoms with Gasteiger partial charge in [-0.1, -0.05) is 43.5 Å². The molecule has 0 radical (unpaired) electrons. The Labute approximate surface area is 118 Å². The normalized spacial score (nSPS) is 16.8. The maximum atomic E-state index is 10.5. The Kier molecular flexibility index (Phi) is 5.52. The van der Waals surface area contributed by atoms with Gasteiger partial charge in [0.15, 0.2) is 0 Å². The van der Waals surface area contributed by atoms with E-state index in [1.54, 1.807) is 6.08 Å². The zero-order valence-electron chi connectivity index (χ0n) is 11.0. The van der Waals surface area contributed by atoms with Gasteiger partial charge in [-0.25, -0.2) is 4.79 Å². The molecule has 0 atom stereocenters. The van der Waals surface area contributed by atoms with Crippen LogP contribution in [-0.4, -0.2) is 16.3 Å². The summed E-state index contributed by atoms with van der Waals surface area (Å²) >= 11 is 2.04. The predicted molar refractivity (Wildman–Crippen MR) is 81.3 cm³/mol. The number of carbonyl (C=O) groups is 1. The Morgan fingerprint density at radius 3 is 2.84 bits per heavy atom. The SMILES string of the molecule is O=C(O)C=Cc1cccc(CSC2CCCCC2)c1. The summed E-state index contributed by atoms with van der Waals surface area (Å²) in [5, 5.41) is 9.44. The van der Waals surface area contributed by atoms with Gasteiger partial charge in [0.2, 0.25) is 0 Å². The van der Waals surface area contributed by atoms with E-state index in [1.165, 1.54) is 43.7 Å². The number of carboxylic acids is 1. The van der Waals surface area contributed by atoms with Crippen LogP contribution in [0.15, 0.2) is 30.3 Å². The fraction of sp³-hybridized carbons (Fsp3) is 0.438. The second-order valence-electron chi connectivity index (χ2n) is 4.99. The molecule has 1 saturated carbocycles. The van der Waals surface area contributed by atoms with Gasteiger partial charge >= 0.3 is 5.97 Å². The van der Waals surface area contributed by atoms with Gasteiger partial charge in [-0.3, -0.25) is 0 Å². The molecule has 1 fully saturated rings. The van der Waals surface area contributed by atoms with Gasteiger partial charge in [0.25, 0.3) is 0 Å². The Balaban J connectivity index is 1.89. The molecule has 1 aliphatic rings. The molecule has 0 saturated heterocycles. The number of hydrogen-bond acceptors (Lipinski definition) is 2. The smallest absolute Gasteiger partial charge is 0.328 e. The van der Waals surface area contributed by atoms with Crippen LogP contribution in [-0.2, 0) is 10.5 Å².